The van der Waals surface area contributed by atoms with Gasteiger partial charge >= 0.3 is 0 Å². The molecule has 1 aromatic heterocycles. The maximum atomic E-state index is 6.22. The van der Waals surface area contributed by atoms with Gasteiger partial charge in [-0.1, -0.05) is 36.4 Å². The van der Waals surface area contributed by atoms with Crippen LogP contribution in [0.5, 0.6) is 0 Å². The standard InChI is InChI=1S/C18H17NO/c19-18(13-6-7-13)17-11-15-10-14(8-9-16(15)20-17)12-4-2-1-3-5-12/h1-5,8-11,13,18H,6-7,19H2. The van der Waals surface area contributed by atoms with E-state index in [1.807, 2.05) is 12.1 Å². The lowest BCUT2D eigenvalue weighted by molar-refractivity contribution is 0.467. The zero-order chi connectivity index (χ0) is 13.5. The second kappa shape index (κ2) is 4.50. The van der Waals surface area contributed by atoms with E-state index in [4.69, 9.17) is 10.2 Å². The van der Waals surface area contributed by atoms with E-state index in [1.54, 1.807) is 0 Å². The van der Waals surface area contributed by atoms with E-state index in [1.165, 1.54) is 24.0 Å². The quantitative estimate of drug-likeness (QED) is 0.755. The minimum atomic E-state index is 0.0579. The van der Waals surface area contributed by atoms with E-state index in [0.717, 1.165) is 16.7 Å². The largest absolute Gasteiger partial charge is 0.459 e. The van der Waals surface area contributed by atoms with Crippen LogP contribution in [0.4, 0.5) is 0 Å². The molecule has 0 saturated heterocycles. The van der Waals surface area contributed by atoms with Gasteiger partial charge in [0.25, 0.3) is 0 Å². The highest BCUT2D eigenvalue weighted by Crippen LogP contribution is 2.41. The second-order valence-corrected chi connectivity index (χ2v) is 5.63. The molecule has 1 aliphatic carbocycles. The molecule has 2 nitrogen and oxygen atoms in total. The SMILES string of the molecule is NC(c1cc2cc(-c3ccccc3)ccc2o1)C1CC1. The number of hydrogen-bond donors (Lipinski definition) is 1. The first kappa shape index (κ1) is 11.7. The summed E-state index contributed by atoms with van der Waals surface area (Å²) < 4.78 is 5.90. The van der Waals surface area contributed by atoms with Crippen LogP contribution < -0.4 is 5.73 Å². The molecule has 2 aromatic carbocycles. The summed E-state index contributed by atoms with van der Waals surface area (Å²) >= 11 is 0. The van der Waals surface area contributed by atoms with Gasteiger partial charge in [-0.3, -0.25) is 0 Å². The van der Waals surface area contributed by atoms with Crippen molar-refractivity contribution < 1.29 is 4.42 Å². The van der Waals surface area contributed by atoms with Gasteiger partial charge in [-0.25, -0.2) is 0 Å². The molecule has 0 amide bonds. The molecule has 4 rings (SSSR count). The van der Waals surface area contributed by atoms with Gasteiger partial charge in [0.1, 0.15) is 11.3 Å². The van der Waals surface area contributed by atoms with Crippen molar-refractivity contribution in [3.05, 3.63) is 60.4 Å². The fourth-order valence-corrected chi connectivity index (χ4v) is 2.73. The third-order valence-corrected chi connectivity index (χ3v) is 4.10. The molecule has 2 N–H and O–H groups in total. The summed E-state index contributed by atoms with van der Waals surface area (Å²) in [5.74, 6) is 1.54. The van der Waals surface area contributed by atoms with E-state index in [-0.39, 0.29) is 6.04 Å². The van der Waals surface area contributed by atoms with Crippen LogP contribution in [-0.4, -0.2) is 0 Å². The van der Waals surface area contributed by atoms with Gasteiger partial charge in [0.15, 0.2) is 0 Å². The first-order chi connectivity index (χ1) is 9.81. The van der Waals surface area contributed by atoms with Crippen LogP contribution in [0.25, 0.3) is 22.1 Å². The average molecular weight is 263 g/mol. The van der Waals surface area contributed by atoms with Crippen molar-refractivity contribution in [2.45, 2.75) is 18.9 Å². The van der Waals surface area contributed by atoms with Crippen molar-refractivity contribution in [1.29, 1.82) is 0 Å². The van der Waals surface area contributed by atoms with Crippen molar-refractivity contribution in [2.24, 2.45) is 11.7 Å². The molecular weight excluding hydrogens is 246 g/mol. The van der Waals surface area contributed by atoms with Crippen molar-refractivity contribution >= 4 is 11.0 Å². The molecule has 0 aliphatic heterocycles. The smallest absolute Gasteiger partial charge is 0.134 e. The molecule has 3 aromatic rings. The van der Waals surface area contributed by atoms with Gasteiger partial charge in [-0.15, -0.1) is 0 Å². The maximum Gasteiger partial charge on any atom is 0.134 e. The van der Waals surface area contributed by atoms with Crippen molar-refractivity contribution in [3.63, 3.8) is 0 Å². The number of hydrogen-bond acceptors (Lipinski definition) is 2. The Balaban J connectivity index is 1.75. The molecule has 1 fully saturated rings. The Bertz CT molecular complexity index is 740. The Kier molecular flexibility index (Phi) is 2.64. The van der Waals surface area contributed by atoms with Gasteiger partial charge in [-0.2, -0.15) is 0 Å². The van der Waals surface area contributed by atoms with Crippen LogP contribution in [0.1, 0.15) is 24.6 Å². The van der Waals surface area contributed by atoms with Crippen molar-refractivity contribution in [1.82, 2.24) is 0 Å². The fraction of sp³-hybridized carbons (Fsp3) is 0.222. The van der Waals surface area contributed by atoms with E-state index in [2.05, 4.69) is 42.5 Å². The Labute approximate surface area is 118 Å². The van der Waals surface area contributed by atoms with Crippen LogP contribution in [0.2, 0.25) is 0 Å². The summed E-state index contributed by atoms with van der Waals surface area (Å²) in [4.78, 5) is 0. The molecule has 100 valence electrons. The van der Waals surface area contributed by atoms with Crippen LogP contribution in [0, 0.1) is 5.92 Å². The normalized spacial score (nSPS) is 16.4. The third-order valence-electron chi connectivity index (χ3n) is 4.10. The average Bonchev–Trinajstić information content (AvgIpc) is 3.25. The predicted molar refractivity (Wildman–Crippen MR) is 81.3 cm³/mol. The van der Waals surface area contributed by atoms with Crippen LogP contribution in [-0.2, 0) is 0 Å². The molecule has 1 saturated carbocycles. The number of benzene rings is 2. The van der Waals surface area contributed by atoms with Gasteiger partial charge in [0.2, 0.25) is 0 Å². The minimum absolute atomic E-state index is 0.0579. The number of fused-ring (bicyclic) bond motifs is 1. The highest BCUT2D eigenvalue weighted by molar-refractivity contribution is 5.84. The summed E-state index contributed by atoms with van der Waals surface area (Å²) in [6.07, 6.45) is 2.46. The molecule has 0 radical (unpaired) electrons. The number of nitrogens with two attached hydrogens (primary N) is 1. The van der Waals surface area contributed by atoms with E-state index in [0.29, 0.717) is 5.92 Å². The lowest BCUT2D eigenvalue weighted by atomic mass is 10.0. The summed E-state index contributed by atoms with van der Waals surface area (Å²) in [7, 11) is 0. The van der Waals surface area contributed by atoms with E-state index >= 15 is 0 Å². The van der Waals surface area contributed by atoms with Gasteiger partial charge in [0, 0.05) is 5.39 Å². The molecule has 20 heavy (non-hydrogen) atoms. The predicted octanol–water partition coefficient (Wildman–Crippen LogP) is 4.51. The molecule has 2 heteroatoms. The highest BCUT2D eigenvalue weighted by Gasteiger charge is 2.31. The fourth-order valence-electron chi connectivity index (χ4n) is 2.73. The van der Waals surface area contributed by atoms with Crippen LogP contribution in [0.15, 0.2) is 59.0 Å². The maximum absolute atomic E-state index is 6.22. The number of rotatable bonds is 3. The molecule has 0 spiro atoms. The molecule has 1 aliphatic rings. The Morgan fingerprint density at radius 2 is 1.75 bits per heavy atom. The molecule has 1 heterocycles. The Morgan fingerprint density at radius 3 is 2.50 bits per heavy atom. The lowest BCUT2D eigenvalue weighted by Gasteiger charge is -2.04. The first-order valence-electron chi connectivity index (χ1n) is 7.16. The van der Waals surface area contributed by atoms with E-state index in [9.17, 15) is 0 Å². The summed E-state index contributed by atoms with van der Waals surface area (Å²) in [5.41, 5.74) is 9.59. The van der Waals surface area contributed by atoms with Gasteiger partial charge in [-0.05, 0) is 48.1 Å². The Hall–Kier alpha value is -2.06. The van der Waals surface area contributed by atoms with E-state index < -0.39 is 0 Å². The summed E-state index contributed by atoms with van der Waals surface area (Å²) in [6.45, 7) is 0. The second-order valence-electron chi connectivity index (χ2n) is 5.63. The molecule has 1 unspecified atom stereocenters. The van der Waals surface area contributed by atoms with Crippen molar-refractivity contribution in [2.75, 3.05) is 0 Å². The van der Waals surface area contributed by atoms with Crippen molar-refractivity contribution in [3.8, 4) is 11.1 Å². The molecular formula is C18H17NO. The summed E-state index contributed by atoms with van der Waals surface area (Å²) in [5, 5.41) is 1.14. The topological polar surface area (TPSA) is 39.2 Å². The van der Waals surface area contributed by atoms with Crippen LogP contribution in [0.3, 0.4) is 0 Å². The zero-order valence-corrected chi connectivity index (χ0v) is 11.3. The first-order valence-corrected chi connectivity index (χ1v) is 7.16. The van der Waals surface area contributed by atoms with Gasteiger partial charge in [0.05, 0.1) is 6.04 Å². The third kappa shape index (κ3) is 2.02. The Morgan fingerprint density at radius 1 is 0.950 bits per heavy atom. The molecule has 1 atom stereocenters. The monoisotopic (exact) mass is 263 g/mol. The summed E-state index contributed by atoms with van der Waals surface area (Å²) in [6, 6.07) is 18.9. The zero-order valence-electron chi connectivity index (χ0n) is 11.3. The van der Waals surface area contributed by atoms with Crippen LogP contribution >= 0.6 is 0 Å². The van der Waals surface area contributed by atoms with Gasteiger partial charge < -0.3 is 10.2 Å². The minimum Gasteiger partial charge on any atom is -0.459 e. The molecule has 0 bridgehead atoms. The highest BCUT2D eigenvalue weighted by atomic mass is 16.3. The number of furan rings is 1. The lowest BCUT2D eigenvalue weighted by Crippen LogP contribution is -2.10.